The van der Waals surface area contributed by atoms with Crippen molar-refractivity contribution in [2.24, 2.45) is 5.16 Å². The molecule has 1 aliphatic heterocycles. The lowest BCUT2D eigenvalue weighted by atomic mass is 10.0. The van der Waals surface area contributed by atoms with Crippen LogP contribution in [-0.4, -0.2) is 33.8 Å². The molecule has 164 valence electrons. The molecule has 1 atom stereocenters. The van der Waals surface area contributed by atoms with E-state index in [0.29, 0.717) is 30.2 Å². The Labute approximate surface area is 185 Å². The Bertz CT molecular complexity index is 1130. The predicted molar refractivity (Wildman–Crippen MR) is 118 cm³/mol. The van der Waals surface area contributed by atoms with Crippen molar-refractivity contribution in [1.82, 2.24) is 15.3 Å². The van der Waals surface area contributed by atoms with Crippen LogP contribution in [0, 0.1) is 6.92 Å². The van der Waals surface area contributed by atoms with Gasteiger partial charge in [-0.1, -0.05) is 41.6 Å². The number of amides is 1. The third-order valence-corrected chi connectivity index (χ3v) is 5.18. The molecule has 0 saturated heterocycles. The molecule has 0 radical (unpaired) electrons. The van der Waals surface area contributed by atoms with Gasteiger partial charge in [-0.3, -0.25) is 4.79 Å². The molecule has 1 unspecified atom stereocenters. The van der Waals surface area contributed by atoms with Crippen LogP contribution in [0.2, 0.25) is 0 Å². The van der Waals surface area contributed by atoms with Gasteiger partial charge < -0.3 is 20.0 Å². The summed E-state index contributed by atoms with van der Waals surface area (Å²) in [5.41, 5.74) is 4.26. The number of aryl methyl sites for hydroxylation is 1. The van der Waals surface area contributed by atoms with Crippen molar-refractivity contribution >= 4 is 11.6 Å². The third kappa shape index (κ3) is 4.92. The Morgan fingerprint density at radius 2 is 1.84 bits per heavy atom. The monoisotopic (exact) mass is 432 g/mol. The van der Waals surface area contributed by atoms with Gasteiger partial charge in [0, 0.05) is 13.0 Å². The first-order valence-electron chi connectivity index (χ1n) is 10.3. The number of benzene rings is 2. The number of rotatable bonds is 7. The van der Waals surface area contributed by atoms with Crippen LogP contribution in [0.5, 0.6) is 5.75 Å². The number of methoxy groups -OCH3 is 1. The van der Waals surface area contributed by atoms with E-state index in [1.807, 2.05) is 48.5 Å². The maximum atomic E-state index is 12.7. The first kappa shape index (κ1) is 21.5. The minimum Gasteiger partial charge on any atom is -0.497 e. The van der Waals surface area contributed by atoms with E-state index in [9.17, 15) is 9.90 Å². The molecule has 3 aromatic rings. The number of nitrogens with one attached hydrogen (secondary N) is 1. The third-order valence-electron chi connectivity index (χ3n) is 5.18. The second-order valence-corrected chi connectivity index (χ2v) is 7.45. The van der Waals surface area contributed by atoms with E-state index in [1.165, 1.54) is 0 Å². The summed E-state index contributed by atoms with van der Waals surface area (Å²) in [5, 5.41) is 16.3. The summed E-state index contributed by atoms with van der Waals surface area (Å²) in [4.78, 5) is 27.0. The van der Waals surface area contributed by atoms with E-state index in [2.05, 4.69) is 20.4 Å². The van der Waals surface area contributed by atoms with Crippen LogP contribution in [0.4, 0.5) is 0 Å². The zero-order chi connectivity index (χ0) is 22.5. The number of hydrogen-bond acceptors (Lipinski definition) is 7. The summed E-state index contributed by atoms with van der Waals surface area (Å²) in [6.07, 6.45) is 0.294. The fraction of sp³-hybridized carbons (Fsp3) is 0.250. The number of oxime groups is 1. The van der Waals surface area contributed by atoms with Crippen LogP contribution >= 0.6 is 0 Å². The summed E-state index contributed by atoms with van der Waals surface area (Å²) in [6.45, 7) is 2.11. The van der Waals surface area contributed by atoms with Gasteiger partial charge in [-0.05, 0) is 41.8 Å². The van der Waals surface area contributed by atoms with Gasteiger partial charge in [0.05, 0.1) is 19.4 Å². The van der Waals surface area contributed by atoms with E-state index < -0.39 is 0 Å². The van der Waals surface area contributed by atoms with Crippen LogP contribution in [0.15, 0.2) is 59.8 Å². The molecule has 4 rings (SSSR count). The van der Waals surface area contributed by atoms with Crippen molar-refractivity contribution in [2.45, 2.75) is 32.6 Å². The molecule has 2 N–H and O–H groups in total. The molecule has 8 nitrogen and oxygen atoms in total. The second kappa shape index (κ2) is 9.57. The number of hydrogen-bond donors (Lipinski definition) is 2. The highest BCUT2D eigenvalue weighted by Crippen LogP contribution is 2.29. The number of carbonyl (C=O) groups is 1. The first-order chi connectivity index (χ1) is 15.6. The molecule has 0 spiro atoms. The van der Waals surface area contributed by atoms with E-state index in [-0.39, 0.29) is 24.3 Å². The van der Waals surface area contributed by atoms with Gasteiger partial charge in [0.2, 0.25) is 0 Å². The minimum atomic E-state index is -0.289. The maximum absolute atomic E-state index is 12.7. The molecule has 0 saturated carbocycles. The molecular weight excluding hydrogens is 408 g/mol. The number of aliphatic hydroxyl groups is 1. The van der Waals surface area contributed by atoms with Gasteiger partial charge in [-0.2, -0.15) is 0 Å². The Hall–Kier alpha value is -3.78. The molecule has 2 heterocycles. The SMILES string of the molecule is COc1ccc(CNC(=O)c2cc(C3=NOC(c4ccc(CO)cc4)C3)nc(C)n2)cc1. The van der Waals surface area contributed by atoms with Gasteiger partial charge in [0.1, 0.15) is 23.0 Å². The highest BCUT2D eigenvalue weighted by molar-refractivity contribution is 6.02. The van der Waals surface area contributed by atoms with Crippen LogP contribution in [0.25, 0.3) is 0 Å². The number of nitrogens with zero attached hydrogens (tertiary/aromatic N) is 3. The van der Waals surface area contributed by atoms with Gasteiger partial charge in [0.15, 0.2) is 6.10 Å². The highest BCUT2D eigenvalue weighted by atomic mass is 16.6. The summed E-state index contributed by atoms with van der Waals surface area (Å²) in [5.74, 6) is 0.956. The summed E-state index contributed by atoms with van der Waals surface area (Å²) >= 11 is 0. The molecule has 1 aromatic heterocycles. The summed E-state index contributed by atoms with van der Waals surface area (Å²) in [6, 6.07) is 16.7. The smallest absolute Gasteiger partial charge is 0.270 e. The van der Waals surface area contributed by atoms with E-state index >= 15 is 0 Å². The van der Waals surface area contributed by atoms with Crippen molar-refractivity contribution in [3.05, 3.63) is 88.5 Å². The quantitative estimate of drug-likeness (QED) is 0.594. The zero-order valence-electron chi connectivity index (χ0n) is 17.9. The van der Waals surface area contributed by atoms with Gasteiger partial charge >= 0.3 is 0 Å². The Balaban J connectivity index is 1.43. The van der Waals surface area contributed by atoms with E-state index in [1.54, 1.807) is 20.1 Å². The lowest BCUT2D eigenvalue weighted by Crippen LogP contribution is -2.25. The normalized spacial score (nSPS) is 15.1. The van der Waals surface area contributed by atoms with Crippen LogP contribution in [-0.2, 0) is 18.0 Å². The Kier molecular flexibility index (Phi) is 6.42. The average molecular weight is 432 g/mol. The fourth-order valence-corrected chi connectivity index (χ4v) is 3.39. The van der Waals surface area contributed by atoms with Crippen molar-refractivity contribution in [3.8, 4) is 5.75 Å². The largest absolute Gasteiger partial charge is 0.497 e. The molecule has 2 aromatic carbocycles. The molecule has 32 heavy (non-hydrogen) atoms. The Morgan fingerprint density at radius 1 is 1.12 bits per heavy atom. The van der Waals surface area contributed by atoms with E-state index in [4.69, 9.17) is 9.57 Å². The molecule has 1 aliphatic rings. The average Bonchev–Trinajstić information content (AvgIpc) is 3.33. The fourth-order valence-electron chi connectivity index (χ4n) is 3.39. The van der Waals surface area contributed by atoms with Crippen LogP contribution in [0.3, 0.4) is 0 Å². The number of ether oxygens (including phenoxy) is 1. The molecule has 8 heteroatoms. The summed E-state index contributed by atoms with van der Waals surface area (Å²) < 4.78 is 5.15. The molecule has 0 bridgehead atoms. The molecule has 0 aliphatic carbocycles. The zero-order valence-corrected chi connectivity index (χ0v) is 17.9. The minimum absolute atomic E-state index is 0.00290. The van der Waals surface area contributed by atoms with Crippen LogP contribution in [0.1, 0.15) is 51.2 Å². The topological polar surface area (TPSA) is 106 Å². The molecule has 0 fully saturated rings. The van der Waals surface area contributed by atoms with Crippen LogP contribution < -0.4 is 10.1 Å². The highest BCUT2D eigenvalue weighted by Gasteiger charge is 2.26. The van der Waals surface area contributed by atoms with E-state index in [0.717, 1.165) is 22.4 Å². The van der Waals surface area contributed by atoms with Crippen molar-refractivity contribution < 1.29 is 19.5 Å². The standard InChI is InChI=1S/C24H24N4O4/c1-15-26-20(21-12-23(32-28-21)18-7-3-17(14-29)4-8-18)11-22(27-15)24(30)25-13-16-5-9-19(31-2)10-6-16/h3-11,23,29H,12-14H2,1-2H3,(H,25,30). The second-order valence-electron chi connectivity index (χ2n) is 7.45. The van der Waals surface area contributed by atoms with Gasteiger partial charge in [-0.25, -0.2) is 9.97 Å². The lowest BCUT2D eigenvalue weighted by molar-refractivity contribution is 0.0857. The Morgan fingerprint density at radius 3 is 2.53 bits per heavy atom. The predicted octanol–water partition coefficient (Wildman–Crippen LogP) is 3.08. The maximum Gasteiger partial charge on any atom is 0.270 e. The van der Waals surface area contributed by atoms with Crippen molar-refractivity contribution in [2.75, 3.05) is 7.11 Å². The summed E-state index contributed by atoms with van der Waals surface area (Å²) in [7, 11) is 1.61. The van der Waals surface area contributed by atoms with Crippen molar-refractivity contribution in [1.29, 1.82) is 0 Å². The van der Waals surface area contributed by atoms with Crippen molar-refractivity contribution in [3.63, 3.8) is 0 Å². The first-order valence-corrected chi connectivity index (χ1v) is 10.3. The van der Waals surface area contributed by atoms with Gasteiger partial charge in [0.25, 0.3) is 5.91 Å². The van der Waals surface area contributed by atoms with Gasteiger partial charge in [-0.15, -0.1) is 0 Å². The number of aliphatic hydroxyl groups excluding tert-OH is 1. The molecule has 1 amide bonds. The lowest BCUT2D eigenvalue weighted by Gasteiger charge is -2.09. The number of carbonyl (C=O) groups excluding carboxylic acids is 1. The molecular formula is C24H24N4O4. The number of aromatic nitrogens is 2.